The lowest BCUT2D eigenvalue weighted by Gasteiger charge is -2.19. The van der Waals surface area contributed by atoms with Crippen molar-refractivity contribution in [3.63, 3.8) is 0 Å². The molecule has 1 aromatic rings. The molecular formula is C15H18N2O4. The summed E-state index contributed by atoms with van der Waals surface area (Å²) < 4.78 is 0. The van der Waals surface area contributed by atoms with Gasteiger partial charge in [-0.1, -0.05) is 17.7 Å². The van der Waals surface area contributed by atoms with Crippen molar-refractivity contribution in [1.82, 2.24) is 4.90 Å². The molecule has 2 rings (SSSR count). The van der Waals surface area contributed by atoms with Gasteiger partial charge in [-0.25, -0.2) is 0 Å². The average molecular weight is 290 g/mol. The molecule has 1 atom stereocenters. The van der Waals surface area contributed by atoms with Crippen LogP contribution in [0.25, 0.3) is 0 Å². The molecule has 1 fully saturated rings. The Bertz CT molecular complexity index is 582. The zero-order chi connectivity index (χ0) is 15.6. The molecule has 1 unspecified atom stereocenters. The third-order valence-electron chi connectivity index (χ3n) is 3.78. The maximum Gasteiger partial charge on any atom is 0.313 e. The number of hydrogen-bond donors (Lipinski definition) is 2. The molecule has 1 heterocycles. The van der Waals surface area contributed by atoms with E-state index in [1.165, 1.54) is 4.90 Å². The van der Waals surface area contributed by atoms with Crippen molar-refractivity contribution in [2.24, 2.45) is 5.41 Å². The van der Waals surface area contributed by atoms with Gasteiger partial charge >= 0.3 is 17.8 Å². The molecule has 0 radical (unpaired) electrons. The van der Waals surface area contributed by atoms with Crippen LogP contribution in [0.5, 0.6) is 0 Å². The van der Waals surface area contributed by atoms with E-state index < -0.39 is 23.2 Å². The molecule has 6 heteroatoms. The highest BCUT2D eigenvalue weighted by molar-refractivity contribution is 6.39. The fourth-order valence-corrected chi connectivity index (χ4v) is 2.27. The van der Waals surface area contributed by atoms with Crippen LogP contribution in [0.4, 0.5) is 5.69 Å². The molecule has 0 aliphatic carbocycles. The third-order valence-corrected chi connectivity index (χ3v) is 3.78. The first-order valence-corrected chi connectivity index (χ1v) is 6.72. The summed E-state index contributed by atoms with van der Waals surface area (Å²) in [6.45, 7) is 3.85. The second kappa shape index (κ2) is 5.55. The topological polar surface area (TPSA) is 86.7 Å². The second-order valence-electron chi connectivity index (χ2n) is 5.66. The fraction of sp³-hybridized carbons (Fsp3) is 0.400. The Morgan fingerprint density at radius 1 is 1.24 bits per heavy atom. The number of hydrogen-bond acceptors (Lipinski definition) is 3. The summed E-state index contributed by atoms with van der Waals surface area (Å²) in [6.07, 6.45) is 0.353. The summed E-state index contributed by atoms with van der Waals surface area (Å²) in [7, 11) is 0. The third kappa shape index (κ3) is 3.21. The molecule has 2 N–H and O–H groups in total. The van der Waals surface area contributed by atoms with Crippen molar-refractivity contribution in [3.05, 3.63) is 29.8 Å². The first kappa shape index (κ1) is 15.0. The fourth-order valence-electron chi connectivity index (χ4n) is 2.27. The highest BCUT2D eigenvalue weighted by atomic mass is 16.4. The minimum atomic E-state index is -0.972. The highest BCUT2D eigenvalue weighted by Gasteiger charge is 2.43. The van der Waals surface area contributed by atoms with E-state index in [2.05, 4.69) is 5.32 Å². The van der Waals surface area contributed by atoms with Crippen molar-refractivity contribution in [2.45, 2.75) is 20.3 Å². The van der Waals surface area contributed by atoms with Crippen LogP contribution in [-0.4, -0.2) is 40.9 Å². The van der Waals surface area contributed by atoms with Crippen LogP contribution in [0.15, 0.2) is 24.3 Å². The number of amides is 2. The van der Waals surface area contributed by atoms with E-state index in [9.17, 15) is 14.4 Å². The number of carbonyl (C=O) groups is 3. The summed E-state index contributed by atoms with van der Waals surface area (Å²) >= 11 is 0. The predicted octanol–water partition coefficient (Wildman–Crippen LogP) is 1.26. The number of aliphatic carboxylic acids is 1. The lowest BCUT2D eigenvalue weighted by Crippen LogP contribution is -2.40. The van der Waals surface area contributed by atoms with Gasteiger partial charge in [-0.15, -0.1) is 0 Å². The van der Waals surface area contributed by atoms with E-state index in [-0.39, 0.29) is 13.1 Å². The smallest absolute Gasteiger partial charge is 0.313 e. The molecule has 0 saturated carbocycles. The molecular weight excluding hydrogens is 272 g/mol. The normalized spacial score (nSPS) is 21.1. The lowest BCUT2D eigenvalue weighted by atomic mass is 9.90. The van der Waals surface area contributed by atoms with Gasteiger partial charge < -0.3 is 15.3 Å². The summed E-state index contributed by atoms with van der Waals surface area (Å²) in [5, 5.41) is 11.7. The number of benzene rings is 1. The molecule has 0 spiro atoms. The van der Waals surface area contributed by atoms with Crippen molar-refractivity contribution < 1.29 is 19.5 Å². The minimum Gasteiger partial charge on any atom is -0.481 e. The Kier molecular flexibility index (Phi) is 3.97. The van der Waals surface area contributed by atoms with Crippen molar-refractivity contribution in [2.75, 3.05) is 18.4 Å². The molecule has 112 valence electrons. The summed E-state index contributed by atoms with van der Waals surface area (Å²) in [6, 6.07) is 7.09. The Balaban J connectivity index is 1.99. The molecule has 1 aliphatic rings. The Morgan fingerprint density at radius 2 is 1.86 bits per heavy atom. The van der Waals surface area contributed by atoms with Crippen LogP contribution in [0.3, 0.4) is 0 Å². The number of anilines is 1. The van der Waals surface area contributed by atoms with Gasteiger partial charge in [0.1, 0.15) is 0 Å². The molecule has 6 nitrogen and oxygen atoms in total. The zero-order valence-corrected chi connectivity index (χ0v) is 12.0. The van der Waals surface area contributed by atoms with Crippen molar-refractivity contribution in [3.8, 4) is 0 Å². The van der Waals surface area contributed by atoms with Gasteiger partial charge in [0.25, 0.3) is 0 Å². The van der Waals surface area contributed by atoms with Crippen LogP contribution in [0, 0.1) is 12.3 Å². The summed E-state index contributed by atoms with van der Waals surface area (Å²) in [5.74, 6) is -2.38. The minimum absolute atomic E-state index is 0.0580. The molecule has 0 bridgehead atoms. The quantitative estimate of drug-likeness (QED) is 0.803. The van der Waals surface area contributed by atoms with Gasteiger partial charge in [0.15, 0.2) is 0 Å². The van der Waals surface area contributed by atoms with Gasteiger partial charge in [-0.2, -0.15) is 0 Å². The van der Waals surface area contributed by atoms with Crippen LogP contribution < -0.4 is 5.32 Å². The van der Waals surface area contributed by atoms with E-state index in [1.807, 2.05) is 19.1 Å². The van der Waals surface area contributed by atoms with Gasteiger partial charge in [-0.05, 0) is 32.4 Å². The number of carboxylic acids is 1. The number of nitrogens with one attached hydrogen (secondary N) is 1. The Morgan fingerprint density at radius 3 is 2.38 bits per heavy atom. The second-order valence-corrected chi connectivity index (χ2v) is 5.66. The predicted molar refractivity (Wildman–Crippen MR) is 76.7 cm³/mol. The summed E-state index contributed by atoms with van der Waals surface area (Å²) in [4.78, 5) is 36.4. The van der Waals surface area contributed by atoms with Crippen molar-refractivity contribution in [1.29, 1.82) is 0 Å². The average Bonchev–Trinajstić information content (AvgIpc) is 2.84. The number of aryl methyl sites for hydroxylation is 1. The van der Waals surface area contributed by atoms with E-state index in [0.717, 1.165) is 5.56 Å². The first-order valence-electron chi connectivity index (χ1n) is 6.72. The molecule has 21 heavy (non-hydrogen) atoms. The van der Waals surface area contributed by atoms with Crippen LogP contribution in [-0.2, 0) is 14.4 Å². The molecule has 1 aromatic carbocycles. The maximum atomic E-state index is 12.0. The van der Waals surface area contributed by atoms with Gasteiger partial charge in [-0.3, -0.25) is 14.4 Å². The zero-order valence-electron chi connectivity index (χ0n) is 12.0. The number of likely N-dealkylation sites (tertiary alicyclic amines) is 1. The van der Waals surface area contributed by atoms with Gasteiger partial charge in [0, 0.05) is 18.8 Å². The first-order chi connectivity index (χ1) is 9.82. The number of rotatable bonds is 2. The van der Waals surface area contributed by atoms with Crippen LogP contribution in [0.2, 0.25) is 0 Å². The van der Waals surface area contributed by atoms with E-state index in [4.69, 9.17) is 5.11 Å². The largest absolute Gasteiger partial charge is 0.481 e. The van der Waals surface area contributed by atoms with E-state index in [1.54, 1.807) is 19.1 Å². The SMILES string of the molecule is Cc1ccc(NC(=O)C(=O)N2CCC(C)(C(=O)O)C2)cc1. The number of carbonyl (C=O) groups excluding carboxylic acids is 2. The lowest BCUT2D eigenvalue weighted by molar-refractivity contribution is -0.148. The molecule has 1 aliphatic heterocycles. The highest BCUT2D eigenvalue weighted by Crippen LogP contribution is 2.30. The molecule has 0 aromatic heterocycles. The van der Waals surface area contributed by atoms with Crippen LogP contribution >= 0.6 is 0 Å². The van der Waals surface area contributed by atoms with Gasteiger partial charge in [0.2, 0.25) is 0 Å². The Labute approximate surface area is 122 Å². The standard InChI is InChI=1S/C15H18N2O4/c1-10-3-5-11(6-4-10)16-12(18)13(19)17-8-7-15(2,9-17)14(20)21/h3-6H,7-9H2,1-2H3,(H,16,18)(H,20,21). The van der Waals surface area contributed by atoms with Gasteiger partial charge in [0.05, 0.1) is 5.41 Å². The molecule has 2 amide bonds. The number of nitrogens with zero attached hydrogens (tertiary/aromatic N) is 1. The molecule has 1 saturated heterocycles. The van der Waals surface area contributed by atoms with Crippen molar-refractivity contribution >= 4 is 23.5 Å². The summed E-state index contributed by atoms with van der Waals surface area (Å²) in [5.41, 5.74) is 0.620. The monoisotopic (exact) mass is 290 g/mol. The maximum absolute atomic E-state index is 12.0. The van der Waals surface area contributed by atoms with E-state index in [0.29, 0.717) is 12.1 Å². The number of carboxylic acid groups (broad SMARTS) is 1. The Hall–Kier alpha value is -2.37. The van der Waals surface area contributed by atoms with E-state index >= 15 is 0 Å². The van der Waals surface area contributed by atoms with Crippen LogP contribution in [0.1, 0.15) is 18.9 Å².